The number of ether oxygens (including phenoxy) is 1. The average molecular weight is 334 g/mol. The molecule has 0 amide bonds. The van der Waals surface area contributed by atoms with Crippen LogP contribution in [0, 0.1) is 5.41 Å². The van der Waals surface area contributed by atoms with Crippen molar-refractivity contribution in [2.24, 2.45) is 5.41 Å². The second kappa shape index (κ2) is 6.96. The molecule has 0 saturated carbocycles. The lowest BCUT2D eigenvalue weighted by Gasteiger charge is -2.31. The van der Waals surface area contributed by atoms with Crippen LogP contribution in [0.3, 0.4) is 0 Å². The van der Waals surface area contributed by atoms with E-state index in [2.05, 4.69) is 10.1 Å². The summed E-state index contributed by atoms with van der Waals surface area (Å²) in [6.07, 6.45) is 4.48. The number of carbonyl (C=O) groups excluding carboxylic acids is 1. The Morgan fingerprint density at radius 3 is 2.43 bits per heavy atom. The van der Waals surface area contributed by atoms with Crippen LogP contribution < -0.4 is 0 Å². The lowest BCUT2D eigenvalue weighted by molar-refractivity contribution is -0.148. The largest absolute Gasteiger partial charge is 0.455 e. The minimum Gasteiger partial charge on any atom is -0.455 e. The minimum absolute atomic E-state index is 0.310. The van der Waals surface area contributed by atoms with Gasteiger partial charge in [-0.05, 0) is 23.8 Å². The van der Waals surface area contributed by atoms with Crippen LogP contribution in [0.25, 0.3) is 11.8 Å². The molecule has 0 fully saturated rings. The molecule has 1 atom stereocenters. The van der Waals surface area contributed by atoms with E-state index in [4.69, 9.17) is 16.3 Å². The van der Waals surface area contributed by atoms with Crippen molar-refractivity contribution >= 4 is 29.3 Å². The van der Waals surface area contributed by atoms with Crippen molar-refractivity contribution < 1.29 is 9.53 Å². The predicted molar refractivity (Wildman–Crippen MR) is 90.7 cm³/mol. The number of hydrogen-bond acceptors (Lipinski definition) is 4. The van der Waals surface area contributed by atoms with E-state index >= 15 is 0 Å². The first-order valence-electron chi connectivity index (χ1n) is 7.27. The van der Waals surface area contributed by atoms with E-state index in [9.17, 15) is 4.79 Å². The van der Waals surface area contributed by atoms with Crippen LogP contribution in [-0.4, -0.2) is 26.8 Å². The Bertz CT molecular complexity index is 686. The van der Waals surface area contributed by atoms with Crippen molar-refractivity contribution in [1.82, 2.24) is 14.8 Å². The fourth-order valence-corrected chi connectivity index (χ4v) is 2.31. The third-order valence-corrected chi connectivity index (χ3v) is 3.46. The Balaban J connectivity index is 2.52. The molecule has 6 heteroatoms. The quantitative estimate of drug-likeness (QED) is 0.796. The highest BCUT2D eigenvalue weighted by Gasteiger charge is 2.32. The maximum absolute atomic E-state index is 11.6. The van der Waals surface area contributed by atoms with Gasteiger partial charge in [-0.15, -0.1) is 0 Å². The van der Waals surface area contributed by atoms with Crippen molar-refractivity contribution in [2.45, 2.75) is 33.8 Å². The summed E-state index contributed by atoms with van der Waals surface area (Å²) in [4.78, 5) is 15.6. The summed E-state index contributed by atoms with van der Waals surface area (Å²) in [5.41, 5.74) is 1.35. The Hall–Kier alpha value is -2.14. The molecular weight excluding hydrogens is 314 g/mol. The lowest BCUT2D eigenvalue weighted by atomic mass is 9.86. The van der Waals surface area contributed by atoms with Crippen LogP contribution in [0.4, 0.5) is 0 Å². The molecule has 0 bridgehead atoms. The highest BCUT2D eigenvalue weighted by molar-refractivity contribution is 6.30. The van der Waals surface area contributed by atoms with E-state index in [1.165, 1.54) is 13.3 Å². The first-order chi connectivity index (χ1) is 10.8. The normalized spacial score (nSPS) is 13.7. The molecule has 0 spiro atoms. The van der Waals surface area contributed by atoms with Gasteiger partial charge in [-0.3, -0.25) is 4.79 Å². The second-order valence-electron chi connectivity index (χ2n) is 6.32. The zero-order chi connectivity index (χ0) is 17.0. The summed E-state index contributed by atoms with van der Waals surface area (Å²) in [6, 6.07) is 7.41. The summed E-state index contributed by atoms with van der Waals surface area (Å²) < 4.78 is 7.19. The predicted octanol–water partition coefficient (Wildman–Crippen LogP) is 3.91. The number of rotatable bonds is 4. The number of halogens is 1. The highest BCUT2D eigenvalue weighted by atomic mass is 35.5. The van der Waals surface area contributed by atoms with Gasteiger partial charge in [0.25, 0.3) is 0 Å². The fourth-order valence-electron chi connectivity index (χ4n) is 2.18. The van der Waals surface area contributed by atoms with E-state index in [1.54, 1.807) is 11.0 Å². The molecule has 0 radical (unpaired) electrons. The van der Waals surface area contributed by atoms with E-state index in [0.29, 0.717) is 5.02 Å². The Morgan fingerprint density at radius 1 is 1.30 bits per heavy atom. The summed E-state index contributed by atoms with van der Waals surface area (Å²) in [5.74, 6) is -0.341. The molecule has 1 aromatic carbocycles. The van der Waals surface area contributed by atoms with Crippen molar-refractivity contribution in [3.05, 3.63) is 47.5 Å². The maximum atomic E-state index is 11.6. The molecular formula is C17H20ClN3O2. The lowest BCUT2D eigenvalue weighted by Crippen LogP contribution is -2.34. The first kappa shape index (κ1) is 17.2. The summed E-state index contributed by atoms with van der Waals surface area (Å²) in [6.45, 7) is 7.42. The smallest absolute Gasteiger partial charge is 0.303 e. The van der Waals surface area contributed by atoms with Gasteiger partial charge < -0.3 is 4.74 Å². The van der Waals surface area contributed by atoms with Crippen LogP contribution in [-0.2, 0) is 9.53 Å². The number of hydrogen-bond donors (Lipinski definition) is 0. The third-order valence-electron chi connectivity index (χ3n) is 3.21. The Labute approximate surface area is 140 Å². The molecule has 5 nitrogen and oxygen atoms in total. The van der Waals surface area contributed by atoms with Crippen LogP contribution >= 0.6 is 11.6 Å². The SMILES string of the molecule is CC(=O)OC(/C(=C\c1ccc(Cl)cc1)n1cncn1)C(C)(C)C. The number of nitrogens with zero attached hydrogens (tertiary/aromatic N) is 3. The fraction of sp³-hybridized carbons (Fsp3) is 0.353. The maximum Gasteiger partial charge on any atom is 0.303 e. The number of carbonyl (C=O) groups is 1. The molecule has 2 aromatic rings. The molecule has 0 N–H and O–H groups in total. The molecule has 122 valence electrons. The molecule has 2 rings (SSSR count). The average Bonchev–Trinajstić information content (AvgIpc) is 2.97. The minimum atomic E-state index is -0.475. The van der Waals surface area contributed by atoms with Gasteiger partial charge in [0.15, 0.2) is 0 Å². The van der Waals surface area contributed by atoms with E-state index in [-0.39, 0.29) is 11.4 Å². The van der Waals surface area contributed by atoms with Gasteiger partial charge in [0.05, 0.1) is 5.70 Å². The summed E-state index contributed by atoms with van der Waals surface area (Å²) >= 11 is 5.93. The topological polar surface area (TPSA) is 57.0 Å². The van der Waals surface area contributed by atoms with Crippen molar-refractivity contribution in [2.75, 3.05) is 0 Å². The Kier molecular flexibility index (Phi) is 5.21. The standard InChI is InChI=1S/C17H20ClN3O2/c1-12(22)23-16(17(2,3)4)15(21-11-19-10-20-21)9-13-5-7-14(18)8-6-13/h5-11,16H,1-4H3/b15-9+. The molecule has 1 aromatic heterocycles. The zero-order valence-electron chi connectivity index (χ0n) is 13.7. The van der Waals surface area contributed by atoms with Crippen molar-refractivity contribution in [3.8, 4) is 0 Å². The van der Waals surface area contributed by atoms with Crippen molar-refractivity contribution in [3.63, 3.8) is 0 Å². The van der Waals surface area contributed by atoms with Gasteiger partial charge in [-0.1, -0.05) is 44.5 Å². The first-order valence-corrected chi connectivity index (χ1v) is 7.64. The number of esters is 1. The van der Waals surface area contributed by atoms with Gasteiger partial charge in [-0.2, -0.15) is 5.10 Å². The summed E-state index contributed by atoms with van der Waals surface area (Å²) in [5, 5.41) is 4.86. The third kappa shape index (κ3) is 4.66. The monoisotopic (exact) mass is 333 g/mol. The van der Waals surface area contributed by atoms with Gasteiger partial charge >= 0.3 is 5.97 Å². The van der Waals surface area contributed by atoms with Crippen LogP contribution in [0.1, 0.15) is 33.3 Å². The molecule has 0 aliphatic rings. The zero-order valence-corrected chi connectivity index (χ0v) is 14.4. The molecule has 1 heterocycles. The van der Waals surface area contributed by atoms with E-state index < -0.39 is 6.10 Å². The van der Waals surface area contributed by atoms with Gasteiger partial charge in [0, 0.05) is 17.4 Å². The van der Waals surface area contributed by atoms with E-state index in [1.807, 2.05) is 51.1 Å². The summed E-state index contributed by atoms with van der Waals surface area (Å²) in [7, 11) is 0. The molecule has 1 unspecified atom stereocenters. The highest BCUT2D eigenvalue weighted by Crippen LogP contribution is 2.32. The Morgan fingerprint density at radius 2 is 1.96 bits per heavy atom. The van der Waals surface area contributed by atoms with E-state index in [0.717, 1.165) is 11.3 Å². The van der Waals surface area contributed by atoms with Crippen LogP contribution in [0.2, 0.25) is 5.02 Å². The van der Waals surface area contributed by atoms with Crippen molar-refractivity contribution in [1.29, 1.82) is 0 Å². The van der Waals surface area contributed by atoms with Crippen LogP contribution in [0.15, 0.2) is 36.9 Å². The molecule has 0 aliphatic carbocycles. The van der Waals surface area contributed by atoms with Gasteiger partial charge in [-0.25, -0.2) is 9.67 Å². The molecule has 0 aliphatic heterocycles. The van der Waals surface area contributed by atoms with Crippen LogP contribution in [0.5, 0.6) is 0 Å². The number of benzene rings is 1. The van der Waals surface area contributed by atoms with Gasteiger partial charge in [0.2, 0.25) is 0 Å². The molecule has 0 saturated heterocycles. The number of aromatic nitrogens is 3. The molecule has 23 heavy (non-hydrogen) atoms. The van der Waals surface area contributed by atoms with Gasteiger partial charge in [0.1, 0.15) is 18.8 Å². The second-order valence-corrected chi connectivity index (χ2v) is 6.75.